The Balaban J connectivity index is 2.55. The highest BCUT2D eigenvalue weighted by Crippen LogP contribution is 2.23. The van der Waals surface area contributed by atoms with Crippen LogP contribution in [-0.2, 0) is 0 Å². The quantitative estimate of drug-likeness (QED) is 0.744. The Bertz CT molecular complexity index is 457. The highest BCUT2D eigenvalue weighted by atomic mass is 19.1. The number of hydrogen-bond acceptors (Lipinski definition) is 3. The minimum absolute atomic E-state index is 0.376. The van der Waals surface area contributed by atoms with Gasteiger partial charge < -0.3 is 5.73 Å². The molecule has 0 aliphatic heterocycles. The van der Waals surface area contributed by atoms with Crippen molar-refractivity contribution in [3.05, 3.63) is 42.7 Å². The van der Waals surface area contributed by atoms with Crippen LogP contribution >= 0.6 is 0 Å². The minimum Gasteiger partial charge on any atom is -0.397 e. The lowest BCUT2D eigenvalue weighted by Crippen LogP contribution is -1.91. The second kappa shape index (κ2) is 3.41. The normalized spacial score (nSPS) is 10.1. The van der Waals surface area contributed by atoms with E-state index < -0.39 is 0 Å². The van der Waals surface area contributed by atoms with Crippen molar-refractivity contribution in [1.29, 1.82) is 0 Å². The van der Waals surface area contributed by atoms with Gasteiger partial charge in [0.2, 0.25) is 0 Å². The number of aromatic nitrogens is 2. The molecule has 4 heteroatoms. The summed E-state index contributed by atoms with van der Waals surface area (Å²) < 4.78 is 12.9. The van der Waals surface area contributed by atoms with Gasteiger partial charge in [-0.05, 0) is 12.1 Å². The van der Waals surface area contributed by atoms with E-state index in [1.807, 2.05) is 0 Å². The first kappa shape index (κ1) is 8.62. The Kier molecular flexibility index (Phi) is 2.10. The van der Waals surface area contributed by atoms with Crippen molar-refractivity contribution in [2.45, 2.75) is 0 Å². The first-order valence-corrected chi connectivity index (χ1v) is 4.08. The van der Waals surface area contributed by atoms with E-state index in [0.717, 1.165) is 11.8 Å². The maximum atomic E-state index is 12.9. The summed E-state index contributed by atoms with van der Waals surface area (Å²) >= 11 is 0. The molecule has 2 aromatic rings. The van der Waals surface area contributed by atoms with E-state index in [2.05, 4.69) is 9.97 Å². The molecule has 0 atom stereocenters. The Labute approximate surface area is 80.4 Å². The fraction of sp³-hybridized carbons (Fsp3) is 0. The SMILES string of the molecule is Nc1cnccc1-c1cncc(F)c1. The number of nitrogens with zero attached hydrogens (tertiary/aromatic N) is 2. The predicted molar refractivity (Wildman–Crippen MR) is 51.8 cm³/mol. The Morgan fingerprint density at radius 2 is 2.00 bits per heavy atom. The van der Waals surface area contributed by atoms with Gasteiger partial charge in [0.1, 0.15) is 5.82 Å². The zero-order valence-electron chi connectivity index (χ0n) is 7.31. The lowest BCUT2D eigenvalue weighted by atomic mass is 10.1. The van der Waals surface area contributed by atoms with Gasteiger partial charge in [-0.1, -0.05) is 0 Å². The van der Waals surface area contributed by atoms with Gasteiger partial charge in [-0.2, -0.15) is 0 Å². The van der Waals surface area contributed by atoms with Crippen molar-refractivity contribution in [3.63, 3.8) is 0 Å². The van der Waals surface area contributed by atoms with Crippen LogP contribution in [0.5, 0.6) is 0 Å². The molecule has 2 rings (SSSR count). The largest absolute Gasteiger partial charge is 0.397 e. The van der Waals surface area contributed by atoms with E-state index in [4.69, 9.17) is 5.73 Å². The molecule has 70 valence electrons. The van der Waals surface area contributed by atoms with E-state index in [9.17, 15) is 4.39 Å². The molecule has 0 fully saturated rings. The van der Waals surface area contributed by atoms with Gasteiger partial charge in [-0.25, -0.2) is 4.39 Å². The Hall–Kier alpha value is -1.97. The molecule has 0 aliphatic carbocycles. The maximum absolute atomic E-state index is 12.9. The smallest absolute Gasteiger partial charge is 0.142 e. The number of anilines is 1. The highest BCUT2D eigenvalue weighted by molar-refractivity contribution is 5.74. The molecular weight excluding hydrogens is 181 g/mol. The standard InChI is InChI=1S/C10H8FN3/c11-8-3-7(4-14-5-8)9-1-2-13-6-10(9)12/h1-6H,12H2. The molecule has 2 N–H and O–H groups in total. The van der Waals surface area contributed by atoms with Crippen LogP contribution in [0.1, 0.15) is 0 Å². The first-order chi connectivity index (χ1) is 6.77. The van der Waals surface area contributed by atoms with Gasteiger partial charge >= 0.3 is 0 Å². The lowest BCUT2D eigenvalue weighted by molar-refractivity contribution is 0.622. The molecule has 2 heterocycles. The van der Waals surface area contributed by atoms with Crippen LogP contribution < -0.4 is 5.73 Å². The van der Waals surface area contributed by atoms with Gasteiger partial charge in [0.15, 0.2) is 0 Å². The van der Waals surface area contributed by atoms with Gasteiger partial charge in [0, 0.05) is 23.5 Å². The van der Waals surface area contributed by atoms with E-state index >= 15 is 0 Å². The summed E-state index contributed by atoms with van der Waals surface area (Å²) in [5, 5.41) is 0. The number of nitrogens with two attached hydrogens (primary N) is 1. The molecule has 0 bridgehead atoms. The molecule has 0 radical (unpaired) electrons. The van der Waals surface area contributed by atoms with Gasteiger partial charge in [0.25, 0.3) is 0 Å². The summed E-state index contributed by atoms with van der Waals surface area (Å²) in [7, 11) is 0. The number of nitrogen functional groups attached to an aromatic ring is 1. The molecule has 0 unspecified atom stereocenters. The molecule has 0 spiro atoms. The van der Waals surface area contributed by atoms with Crippen LogP contribution in [0, 0.1) is 5.82 Å². The average Bonchev–Trinajstić information content (AvgIpc) is 2.18. The molecule has 0 amide bonds. The summed E-state index contributed by atoms with van der Waals surface area (Å²) in [6, 6.07) is 3.12. The summed E-state index contributed by atoms with van der Waals surface area (Å²) in [5.74, 6) is -0.376. The average molecular weight is 189 g/mol. The van der Waals surface area contributed by atoms with E-state index in [1.165, 1.54) is 12.3 Å². The van der Waals surface area contributed by atoms with Gasteiger partial charge in [-0.3, -0.25) is 9.97 Å². The van der Waals surface area contributed by atoms with Crippen molar-refractivity contribution in [2.75, 3.05) is 5.73 Å². The predicted octanol–water partition coefficient (Wildman–Crippen LogP) is 1.86. The summed E-state index contributed by atoms with van der Waals surface area (Å²) in [6.07, 6.45) is 5.85. The van der Waals surface area contributed by atoms with Crippen molar-refractivity contribution >= 4 is 5.69 Å². The number of hydrogen-bond donors (Lipinski definition) is 1. The van der Waals surface area contributed by atoms with E-state index in [-0.39, 0.29) is 5.82 Å². The van der Waals surface area contributed by atoms with E-state index in [0.29, 0.717) is 11.3 Å². The van der Waals surface area contributed by atoms with Crippen LogP contribution in [0.15, 0.2) is 36.9 Å². The van der Waals surface area contributed by atoms with Crippen molar-refractivity contribution < 1.29 is 4.39 Å². The number of rotatable bonds is 1. The van der Waals surface area contributed by atoms with Crippen LogP contribution in [0.3, 0.4) is 0 Å². The van der Waals surface area contributed by atoms with E-state index in [1.54, 1.807) is 18.5 Å². The fourth-order valence-corrected chi connectivity index (χ4v) is 1.23. The molecule has 3 nitrogen and oxygen atoms in total. The van der Waals surface area contributed by atoms with Crippen LogP contribution in [0.2, 0.25) is 0 Å². The minimum atomic E-state index is -0.376. The molecule has 2 aromatic heterocycles. The monoisotopic (exact) mass is 189 g/mol. The third-order valence-electron chi connectivity index (χ3n) is 1.87. The second-order valence-corrected chi connectivity index (χ2v) is 2.85. The van der Waals surface area contributed by atoms with Gasteiger partial charge in [0.05, 0.1) is 18.1 Å². The molecular formula is C10H8FN3. The zero-order chi connectivity index (χ0) is 9.97. The fourth-order valence-electron chi connectivity index (χ4n) is 1.23. The highest BCUT2D eigenvalue weighted by Gasteiger charge is 2.02. The van der Waals surface area contributed by atoms with Gasteiger partial charge in [-0.15, -0.1) is 0 Å². The van der Waals surface area contributed by atoms with Crippen molar-refractivity contribution in [3.8, 4) is 11.1 Å². The topological polar surface area (TPSA) is 51.8 Å². The number of pyridine rings is 2. The molecule has 0 aliphatic rings. The van der Waals surface area contributed by atoms with Crippen LogP contribution in [0.25, 0.3) is 11.1 Å². The number of halogens is 1. The second-order valence-electron chi connectivity index (χ2n) is 2.85. The Morgan fingerprint density at radius 1 is 1.14 bits per heavy atom. The molecule has 0 saturated heterocycles. The van der Waals surface area contributed by atoms with Crippen molar-refractivity contribution in [2.24, 2.45) is 0 Å². The van der Waals surface area contributed by atoms with Crippen LogP contribution in [0.4, 0.5) is 10.1 Å². The summed E-state index contributed by atoms with van der Waals surface area (Å²) in [5.41, 5.74) is 7.60. The Morgan fingerprint density at radius 3 is 2.71 bits per heavy atom. The first-order valence-electron chi connectivity index (χ1n) is 4.08. The summed E-state index contributed by atoms with van der Waals surface area (Å²) in [6.45, 7) is 0. The zero-order valence-corrected chi connectivity index (χ0v) is 7.31. The van der Waals surface area contributed by atoms with Crippen molar-refractivity contribution in [1.82, 2.24) is 9.97 Å². The maximum Gasteiger partial charge on any atom is 0.142 e. The molecule has 0 saturated carbocycles. The van der Waals surface area contributed by atoms with Crippen LogP contribution in [-0.4, -0.2) is 9.97 Å². The third-order valence-corrected chi connectivity index (χ3v) is 1.87. The molecule has 14 heavy (non-hydrogen) atoms. The third kappa shape index (κ3) is 1.54. The summed E-state index contributed by atoms with van der Waals surface area (Å²) in [4.78, 5) is 7.60. The lowest BCUT2D eigenvalue weighted by Gasteiger charge is -2.03. The molecule has 0 aromatic carbocycles.